The van der Waals surface area contributed by atoms with Crippen LogP contribution in [-0.2, 0) is 20.7 Å². The largest absolute Gasteiger partial charge is 0.480 e. The molecular formula is C20H27N3O5. The molecule has 28 heavy (non-hydrogen) atoms. The second kappa shape index (κ2) is 8.33. The minimum Gasteiger partial charge on any atom is -0.480 e. The van der Waals surface area contributed by atoms with Gasteiger partial charge < -0.3 is 25.0 Å². The smallest absolute Gasteiger partial charge is 0.408 e. The van der Waals surface area contributed by atoms with Crippen molar-refractivity contribution in [3.63, 3.8) is 0 Å². The molecule has 0 aliphatic carbocycles. The number of nitrogens with one attached hydrogen (secondary N) is 2. The van der Waals surface area contributed by atoms with Crippen molar-refractivity contribution >= 4 is 28.9 Å². The number of alkyl carbamates (subject to hydrolysis) is 1. The second-order valence-electron chi connectivity index (χ2n) is 7.73. The standard InChI is InChI=1S/C20H27N3O5/c1-12(22-19(27)28-20(2,3)4)17(24)23(5)16(18(25)26)10-13-11-21-15-9-7-6-8-14(13)15/h6-9,11-12,16,21H,10H2,1-5H3,(H,22,27)(H,25,26). The van der Waals surface area contributed by atoms with Crippen LogP contribution in [0.4, 0.5) is 4.79 Å². The van der Waals surface area contributed by atoms with Gasteiger partial charge in [0.15, 0.2) is 0 Å². The summed E-state index contributed by atoms with van der Waals surface area (Å²) in [7, 11) is 1.42. The zero-order chi connectivity index (χ0) is 21.1. The van der Waals surface area contributed by atoms with E-state index in [1.165, 1.54) is 14.0 Å². The number of hydrogen-bond acceptors (Lipinski definition) is 4. The van der Waals surface area contributed by atoms with Crippen LogP contribution in [-0.4, -0.2) is 57.7 Å². The number of para-hydroxylation sites is 1. The number of carboxylic acid groups (broad SMARTS) is 1. The molecule has 1 heterocycles. The number of H-pyrrole nitrogens is 1. The van der Waals surface area contributed by atoms with E-state index in [0.29, 0.717) is 0 Å². The van der Waals surface area contributed by atoms with Crippen LogP contribution in [0.25, 0.3) is 10.9 Å². The summed E-state index contributed by atoms with van der Waals surface area (Å²) in [5.74, 6) is -1.64. The molecule has 1 aromatic heterocycles. The lowest BCUT2D eigenvalue weighted by Gasteiger charge is -2.28. The van der Waals surface area contributed by atoms with Crippen LogP contribution < -0.4 is 5.32 Å². The molecular weight excluding hydrogens is 362 g/mol. The van der Waals surface area contributed by atoms with Gasteiger partial charge in [-0.3, -0.25) is 4.79 Å². The molecule has 3 N–H and O–H groups in total. The maximum absolute atomic E-state index is 12.7. The zero-order valence-electron chi connectivity index (χ0n) is 16.8. The number of carbonyl (C=O) groups excluding carboxylic acids is 2. The van der Waals surface area contributed by atoms with Gasteiger partial charge in [-0.15, -0.1) is 0 Å². The fraction of sp³-hybridized carbons (Fsp3) is 0.450. The third-order valence-electron chi connectivity index (χ3n) is 4.29. The van der Waals surface area contributed by atoms with E-state index in [0.717, 1.165) is 21.4 Å². The molecule has 2 rings (SSSR count). The molecule has 0 saturated heterocycles. The van der Waals surface area contributed by atoms with E-state index in [1.54, 1.807) is 27.0 Å². The number of carbonyl (C=O) groups is 3. The first-order valence-electron chi connectivity index (χ1n) is 9.03. The average Bonchev–Trinajstić information content (AvgIpc) is 2.99. The summed E-state index contributed by atoms with van der Waals surface area (Å²) in [6.45, 7) is 6.64. The molecule has 8 nitrogen and oxygen atoms in total. The van der Waals surface area contributed by atoms with Crippen molar-refractivity contribution in [2.75, 3.05) is 7.05 Å². The normalized spacial score (nSPS) is 13.6. The number of aliphatic carboxylic acids is 1. The SMILES string of the molecule is CC(NC(=O)OC(C)(C)C)C(=O)N(C)C(Cc1c[nH]c2ccccc12)C(=O)O. The fourth-order valence-electron chi connectivity index (χ4n) is 2.90. The van der Waals surface area contributed by atoms with Crippen LogP contribution in [0.3, 0.4) is 0 Å². The monoisotopic (exact) mass is 389 g/mol. The number of nitrogens with zero attached hydrogens (tertiary/aromatic N) is 1. The molecule has 2 atom stereocenters. The minimum absolute atomic E-state index is 0.140. The number of benzene rings is 1. The number of carboxylic acids is 1. The number of likely N-dealkylation sites (N-methyl/N-ethyl adjacent to an activating group) is 1. The molecule has 0 fully saturated rings. The first-order valence-corrected chi connectivity index (χ1v) is 9.03. The van der Waals surface area contributed by atoms with Crippen molar-refractivity contribution in [1.29, 1.82) is 0 Å². The molecule has 0 spiro atoms. The van der Waals surface area contributed by atoms with Crippen molar-refractivity contribution in [3.8, 4) is 0 Å². The number of hydrogen-bond donors (Lipinski definition) is 3. The van der Waals surface area contributed by atoms with Gasteiger partial charge in [0.25, 0.3) is 0 Å². The first-order chi connectivity index (χ1) is 13.0. The third kappa shape index (κ3) is 5.25. The van der Waals surface area contributed by atoms with Crippen LogP contribution in [0.15, 0.2) is 30.5 Å². The Kier molecular flexibility index (Phi) is 6.33. The molecule has 2 unspecified atom stereocenters. The highest BCUT2D eigenvalue weighted by Gasteiger charge is 2.31. The average molecular weight is 389 g/mol. The van der Waals surface area contributed by atoms with Crippen LogP contribution in [0.2, 0.25) is 0 Å². The Hall–Kier alpha value is -3.03. The highest BCUT2D eigenvalue weighted by molar-refractivity contribution is 5.90. The topological polar surface area (TPSA) is 112 Å². The number of aromatic nitrogens is 1. The van der Waals surface area contributed by atoms with E-state index in [9.17, 15) is 19.5 Å². The van der Waals surface area contributed by atoms with Gasteiger partial charge in [0, 0.05) is 30.6 Å². The Labute approximate surface area is 163 Å². The number of aromatic amines is 1. The molecule has 2 aromatic rings. The predicted molar refractivity (Wildman–Crippen MR) is 105 cm³/mol. The lowest BCUT2D eigenvalue weighted by atomic mass is 10.0. The van der Waals surface area contributed by atoms with Crippen LogP contribution in [0, 0.1) is 0 Å². The number of fused-ring (bicyclic) bond motifs is 1. The van der Waals surface area contributed by atoms with Gasteiger partial charge in [-0.2, -0.15) is 0 Å². The highest BCUT2D eigenvalue weighted by Crippen LogP contribution is 2.20. The molecule has 1 aromatic carbocycles. The van der Waals surface area contributed by atoms with Crippen molar-refractivity contribution in [2.45, 2.75) is 51.8 Å². The Morgan fingerprint density at radius 1 is 1.25 bits per heavy atom. The van der Waals surface area contributed by atoms with E-state index < -0.39 is 35.7 Å². The summed E-state index contributed by atoms with van der Waals surface area (Å²) in [5.41, 5.74) is 1.00. The number of ether oxygens (including phenoxy) is 1. The summed E-state index contributed by atoms with van der Waals surface area (Å²) in [5, 5.41) is 13.0. The summed E-state index contributed by atoms with van der Waals surface area (Å²) in [6.07, 6.45) is 1.16. The Balaban J connectivity index is 2.11. The van der Waals surface area contributed by atoms with Crippen LogP contribution >= 0.6 is 0 Å². The van der Waals surface area contributed by atoms with Gasteiger partial charge >= 0.3 is 12.1 Å². The van der Waals surface area contributed by atoms with Crippen molar-refractivity contribution < 1.29 is 24.2 Å². The number of rotatable bonds is 6. The van der Waals surface area contributed by atoms with Gasteiger partial charge in [-0.1, -0.05) is 18.2 Å². The quantitative estimate of drug-likeness (QED) is 0.703. The summed E-state index contributed by atoms with van der Waals surface area (Å²) in [6, 6.07) is 5.55. The van der Waals surface area contributed by atoms with Gasteiger partial charge in [0.1, 0.15) is 17.7 Å². The summed E-state index contributed by atoms with van der Waals surface area (Å²) in [4.78, 5) is 40.6. The molecule has 0 bridgehead atoms. The predicted octanol–water partition coefficient (Wildman–Crippen LogP) is 2.54. The molecule has 0 radical (unpaired) electrons. The third-order valence-corrected chi connectivity index (χ3v) is 4.29. The van der Waals surface area contributed by atoms with Crippen LogP contribution in [0.1, 0.15) is 33.3 Å². The van der Waals surface area contributed by atoms with E-state index in [1.807, 2.05) is 24.3 Å². The highest BCUT2D eigenvalue weighted by atomic mass is 16.6. The summed E-state index contributed by atoms with van der Waals surface area (Å²) >= 11 is 0. The van der Waals surface area contributed by atoms with Crippen molar-refractivity contribution in [1.82, 2.24) is 15.2 Å². The van der Waals surface area contributed by atoms with Crippen LogP contribution in [0.5, 0.6) is 0 Å². The maximum Gasteiger partial charge on any atom is 0.408 e. The zero-order valence-corrected chi connectivity index (χ0v) is 16.8. The molecule has 152 valence electrons. The number of amides is 2. The van der Waals surface area contributed by atoms with Gasteiger partial charge in [-0.25, -0.2) is 9.59 Å². The first kappa shape index (κ1) is 21.3. The fourth-order valence-corrected chi connectivity index (χ4v) is 2.90. The van der Waals surface area contributed by atoms with Gasteiger partial charge in [-0.05, 0) is 39.3 Å². The molecule has 0 aliphatic rings. The van der Waals surface area contributed by atoms with E-state index in [4.69, 9.17) is 4.74 Å². The second-order valence-corrected chi connectivity index (χ2v) is 7.73. The summed E-state index contributed by atoms with van der Waals surface area (Å²) < 4.78 is 5.14. The molecule has 2 amide bonds. The Bertz CT molecular complexity index is 868. The Morgan fingerprint density at radius 3 is 2.50 bits per heavy atom. The van der Waals surface area contributed by atoms with E-state index in [2.05, 4.69) is 10.3 Å². The van der Waals surface area contributed by atoms with E-state index in [-0.39, 0.29) is 6.42 Å². The van der Waals surface area contributed by atoms with Gasteiger partial charge in [0.2, 0.25) is 5.91 Å². The lowest BCUT2D eigenvalue weighted by Crippen LogP contribution is -2.52. The maximum atomic E-state index is 12.7. The van der Waals surface area contributed by atoms with Crippen molar-refractivity contribution in [2.24, 2.45) is 0 Å². The molecule has 0 saturated carbocycles. The molecule has 8 heteroatoms. The van der Waals surface area contributed by atoms with Crippen molar-refractivity contribution in [3.05, 3.63) is 36.0 Å². The Morgan fingerprint density at radius 2 is 1.89 bits per heavy atom. The minimum atomic E-state index is -1.12. The van der Waals surface area contributed by atoms with Gasteiger partial charge in [0.05, 0.1) is 0 Å². The van der Waals surface area contributed by atoms with E-state index >= 15 is 0 Å². The lowest BCUT2D eigenvalue weighted by molar-refractivity contribution is -0.149. The molecule has 0 aliphatic heterocycles.